The molecule has 0 aliphatic heterocycles. The molecule has 0 radical (unpaired) electrons. The Morgan fingerprint density at radius 1 is 1.55 bits per heavy atom. The monoisotopic (exact) mass is 152 g/mol. The molecule has 0 N–H and O–H groups in total. The average Bonchev–Trinajstić information content (AvgIpc) is 2.30. The van der Waals surface area contributed by atoms with Crippen LogP contribution in [0, 0.1) is 23.7 Å². The molecule has 0 nitrogen and oxygen atoms in total. The zero-order valence-electron chi connectivity index (χ0n) is 7.69. The van der Waals surface area contributed by atoms with Crippen LogP contribution < -0.4 is 0 Å². The van der Waals surface area contributed by atoms with E-state index in [2.05, 4.69) is 25.7 Å². The van der Waals surface area contributed by atoms with E-state index in [9.17, 15) is 0 Å². The minimum Gasteiger partial charge on any atom is -0.103 e. The number of hydrogen-bond acceptors (Lipinski definition) is 0. The molecule has 2 atom stereocenters. The molecular weight excluding hydrogens is 132 g/mol. The van der Waals surface area contributed by atoms with Gasteiger partial charge in [-0.3, -0.25) is 0 Å². The highest BCUT2D eigenvalue weighted by molar-refractivity contribution is 5.02. The van der Waals surface area contributed by atoms with Crippen LogP contribution in [0.25, 0.3) is 0 Å². The van der Waals surface area contributed by atoms with Crippen LogP contribution >= 0.6 is 0 Å². The average molecular weight is 152 g/mol. The second-order valence-electron chi connectivity index (χ2n) is 3.60. The molecule has 0 aromatic rings. The molecule has 0 heteroatoms. The zero-order valence-corrected chi connectivity index (χ0v) is 7.69. The summed E-state index contributed by atoms with van der Waals surface area (Å²) in [5.74, 6) is 8.23. The molecule has 1 aliphatic carbocycles. The minimum atomic E-state index is 0. The summed E-state index contributed by atoms with van der Waals surface area (Å²) in [5, 5.41) is 0. The fourth-order valence-corrected chi connectivity index (χ4v) is 1.67. The Kier molecular flexibility index (Phi) is 3.49. The molecule has 0 bridgehead atoms. The van der Waals surface area contributed by atoms with Crippen molar-refractivity contribution >= 4 is 0 Å². The van der Waals surface area contributed by atoms with Crippen LogP contribution in [-0.2, 0) is 0 Å². The Balaban J connectivity index is 0.00000121. The highest BCUT2D eigenvalue weighted by Crippen LogP contribution is 2.25. The topological polar surface area (TPSA) is 0 Å². The van der Waals surface area contributed by atoms with Gasteiger partial charge in [-0.1, -0.05) is 20.3 Å². The SMILES string of the molecule is CCC(C)C1CC#CCCC1.[HH]. The van der Waals surface area contributed by atoms with Crippen LogP contribution in [0.5, 0.6) is 0 Å². The summed E-state index contributed by atoms with van der Waals surface area (Å²) < 4.78 is 0. The summed E-state index contributed by atoms with van der Waals surface area (Å²) in [4.78, 5) is 0. The first-order chi connectivity index (χ1) is 5.34. The van der Waals surface area contributed by atoms with Crippen molar-refractivity contribution in [1.29, 1.82) is 0 Å². The van der Waals surface area contributed by atoms with E-state index >= 15 is 0 Å². The van der Waals surface area contributed by atoms with E-state index in [1.54, 1.807) is 0 Å². The van der Waals surface area contributed by atoms with Gasteiger partial charge in [-0.15, -0.1) is 11.8 Å². The Morgan fingerprint density at radius 3 is 3.09 bits per heavy atom. The lowest BCUT2D eigenvalue weighted by molar-refractivity contribution is 0.331. The predicted octanol–water partition coefficient (Wildman–Crippen LogP) is 3.47. The van der Waals surface area contributed by atoms with Gasteiger partial charge in [0.25, 0.3) is 0 Å². The summed E-state index contributed by atoms with van der Waals surface area (Å²) >= 11 is 0. The van der Waals surface area contributed by atoms with Gasteiger partial charge in [-0.2, -0.15) is 0 Å². The molecule has 64 valence electrons. The van der Waals surface area contributed by atoms with Crippen molar-refractivity contribution in [3.63, 3.8) is 0 Å². The first-order valence-electron chi connectivity index (χ1n) is 4.80. The molecule has 0 spiro atoms. The second kappa shape index (κ2) is 4.44. The third kappa shape index (κ3) is 2.58. The molecule has 0 aromatic heterocycles. The third-order valence-corrected chi connectivity index (χ3v) is 2.81. The lowest BCUT2D eigenvalue weighted by Gasteiger charge is -2.19. The standard InChI is InChI=1S/C11H18.H2/c1-3-10(2)11-8-6-4-5-7-9-11;/h10-11H,3-4,6,8-9H2,1-2H3;1H. The Morgan fingerprint density at radius 2 is 2.36 bits per heavy atom. The van der Waals surface area contributed by atoms with Crippen LogP contribution in [0.2, 0.25) is 0 Å². The fourth-order valence-electron chi connectivity index (χ4n) is 1.67. The molecule has 11 heavy (non-hydrogen) atoms. The van der Waals surface area contributed by atoms with E-state index in [0.717, 1.165) is 24.7 Å². The Labute approximate surface area is 71.9 Å². The van der Waals surface area contributed by atoms with Gasteiger partial charge in [-0.05, 0) is 24.7 Å². The molecule has 0 aromatic carbocycles. The lowest BCUT2D eigenvalue weighted by Crippen LogP contribution is -2.09. The molecule has 1 rings (SSSR count). The van der Waals surface area contributed by atoms with Gasteiger partial charge >= 0.3 is 0 Å². The van der Waals surface area contributed by atoms with E-state index < -0.39 is 0 Å². The highest BCUT2D eigenvalue weighted by atomic mass is 14.2. The van der Waals surface area contributed by atoms with E-state index in [0.29, 0.717) is 0 Å². The molecule has 1 aliphatic rings. The van der Waals surface area contributed by atoms with Crippen LogP contribution in [0.3, 0.4) is 0 Å². The maximum absolute atomic E-state index is 3.26. The number of rotatable bonds is 2. The number of hydrogen-bond donors (Lipinski definition) is 0. The molecule has 0 saturated carbocycles. The quantitative estimate of drug-likeness (QED) is 0.531. The lowest BCUT2D eigenvalue weighted by atomic mass is 9.86. The van der Waals surface area contributed by atoms with Gasteiger partial charge in [0, 0.05) is 14.3 Å². The largest absolute Gasteiger partial charge is 0.103 e. The van der Waals surface area contributed by atoms with Crippen LogP contribution in [0.4, 0.5) is 0 Å². The van der Waals surface area contributed by atoms with E-state index in [4.69, 9.17) is 0 Å². The van der Waals surface area contributed by atoms with E-state index in [1.807, 2.05) is 0 Å². The molecule has 0 saturated heterocycles. The maximum Gasteiger partial charge on any atom is 0.0120 e. The van der Waals surface area contributed by atoms with Crippen molar-refractivity contribution in [2.24, 2.45) is 11.8 Å². The summed E-state index contributed by atoms with van der Waals surface area (Å²) in [6.07, 6.45) is 6.30. The van der Waals surface area contributed by atoms with E-state index in [-0.39, 0.29) is 1.43 Å². The van der Waals surface area contributed by atoms with Crippen molar-refractivity contribution in [2.45, 2.75) is 46.0 Å². The van der Waals surface area contributed by atoms with Crippen molar-refractivity contribution in [2.75, 3.05) is 0 Å². The smallest absolute Gasteiger partial charge is 0.0120 e. The molecule has 0 fully saturated rings. The highest BCUT2D eigenvalue weighted by Gasteiger charge is 2.14. The summed E-state index contributed by atoms with van der Waals surface area (Å²) in [7, 11) is 0. The fraction of sp³-hybridized carbons (Fsp3) is 0.818. The predicted molar refractivity (Wildman–Crippen MR) is 51.3 cm³/mol. The van der Waals surface area contributed by atoms with Crippen molar-refractivity contribution in [1.82, 2.24) is 0 Å². The summed E-state index contributed by atoms with van der Waals surface area (Å²) in [5.41, 5.74) is 0. The van der Waals surface area contributed by atoms with Crippen LogP contribution in [0.1, 0.15) is 47.4 Å². The van der Waals surface area contributed by atoms with Crippen LogP contribution in [-0.4, -0.2) is 0 Å². The van der Waals surface area contributed by atoms with Gasteiger partial charge in [0.1, 0.15) is 0 Å². The second-order valence-corrected chi connectivity index (χ2v) is 3.60. The third-order valence-electron chi connectivity index (χ3n) is 2.81. The maximum atomic E-state index is 3.26. The molecule has 0 heterocycles. The molecule has 2 unspecified atom stereocenters. The van der Waals surface area contributed by atoms with Crippen molar-refractivity contribution in [3.8, 4) is 11.8 Å². The van der Waals surface area contributed by atoms with Gasteiger partial charge in [0.15, 0.2) is 0 Å². The molecular formula is C11H20. The van der Waals surface area contributed by atoms with Crippen LogP contribution in [0.15, 0.2) is 0 Å². The van der Waals surface area contributed by atoms with Gasteiger partial charge in [0.2, 0.25) is 0 Å². The zero-order chi connectivity index (χ0) is 8.10. The summed E-state index contributed by atoms with van der Waals surface area (Å²) in [6.45, 7) is 4.64. The van der Waals surface area contributed by atoms with E-state index in [1.165, 1.54) is 19.3 Å². The van der Waals surface area contributed by atoms with Gasteiger partial charge in [0.05, 0.1) is 0 Å². The molecule has 0 amide bonds. The van der Waals surface area contributed by atoms with Crippen molar-refractivity contribution in [3.05, 3.63) is 0 Å². The first kappa shape index (κ1) is 8.65. The first-order valence-corrected chi connectivity index (χ1v) is 4.80. The normalized spacial score (nSPS) is 26.5. The Hall–Kier alpha value is -0.440. The van der Waals surface area contributed by atoms with Gasteiger partial charge in [-0.25, -0.2) is 0 Å². The van der Waals surface area contributed by atoms with Gasteiger partial charge < -0.3 is 0 Å². The van der Waals surface area contributed by atoms with Crippen molar-refractivity contribution < 1.29 is 1.43 Å². The minimum absolute atomic E-state index is 0. The Bertz CT molecular complexity index is 164. The summed E-state index contributed by atoms with van der Waals surface area (Å²) in [6, 6.07) is 0.